The minimum absolute atomic E-state index is 0.248. The summed E-state index contributed by atoms with van der Waals surface area (Å²) in [6, 6.07) is 22.3. The molecule has 33 heavy (non-hydrogen) atoms. The molecule has 0 spiro atoms. The SMILES string of the molecule is Cc1ccc(CN2C(=O)S/C(=C/c3ccc4c(ccn4Cc4cccc(F)c4)c3)C2=O)cc1. The van der Waals surface area contributed by atoms with Crippen LogP contribution in [0.2, 0.25) is 0 Å². The number of hydrogen-bond donors (Lipinski definition) is 0. The van der Waals surface area contributed by atoms with Crippen molar-refractivity contribution >= 4 is 39.9 Å². The normalized spacial score (nSPS) is 15.2. The second kappa shape index (κ2) is 8.71. The van der Waals surface area contributed by atoms with Gasteiger partial charge in [0.05, 0.1) is 11.4 Å². The number of carbonyl (C=O) groups excluding carboxylic acids is 2. The van der Waals surface area contributed by atoms with Crippen molar-refractivity contribution in [3.8, 4) is 0 Å². The lowest BCUT2D eigenvalue weighted by molar-refractivity contribution is -0.123. The first-order valence-corrected chi connectivity index (χ1v) is 11.4. The molecule has 0 unspecified atom stereocenters. The van der Waals surface area contributed by atoms with Crippen LogP contribution in [0, 0.1) is 12.7 Å². The lowest BCUT2D eigenvalue weighted by Crippen LogP contribution is -2.27. The molecule has 1 saturated heterocycles. The van der Waals surface area contributed by atoms with Gasteiger partial charge in [0, 0.05) is 23.6 Å². The quantitative estimate of drug-likeness (QED) is 0.328. The average Bonchev–Trinajstić information content (AvgIpc) is 3.30. The number of rotatable bonds is 5. The number of aryl methyl sites for hydroxylation is 1. The molecule has 3 aromatic carbocycles. The first kappa shape index (κ1) is 21.2. The minimum Gasteiger partial charge on any atom is -0.343 e. The maximum Gasteiger partial charge on any atom is 0.293 e. The molecular weight excluding hydrogens is 435 g/mol. The van der Waals surface area contributed by atoms with Crippen molar-refractivity contribution in [1.29, 1.82) is 0 Å². The fraction of sp³-hybridized carbons (Fsp3) is 0.111. The Morgan fingerprint density at radius 3 is 2.52 bits per heavy atom. The molecule has 4 aromatic rings. The smallest absolute Gasteiger partial charge is 0.293 e. The van der Waals surface area contributed by atoms with Gasteiger partial charge in [-0.2, -0.15) is 0 Å². The zero-order valence-electron chi connectivity index (χ0n) is 18.0. The molecule has 2 amide bonds. The van der Waals surface area contributed by atoms with Crippen LogP contribution in [0.25, 0.3) is 17.0 Å². The Bertz CT molecular complexity index is 1410. The lowest BCUT2D eigenvalue weighted by Gasteiger charge is -2.12. The topological polar surface area (TPSA) is 42.3 Å². The maximum atomic E-state index is 13.5. The van der Waals surface area contributed by atoms with Crippen LogP contribution in [0.1, 0.15) is 22.3 Å². The fourth-order valence-electron chi connectivity index (χ4n) is 3.94. The van der Waals surface area contributed by atoms with Crippen LogP contribution in [0.15, 0.2) is 83.9 Å². The number of imide groups is 1. The van der Waals surface area contributed by atoms with Gasteiger partial charge in [-0.25, -0.2) is 4.39 Å². The summed E-state index contributed by atoms with van der Waals surface area (Å²) in [7, 11) is 0. The monoisotopic (exact) mass is 456 g/mol. The summed E-state index contributed by atoms with van der Waals surface area (Å²) in [6.07, 6.45) is 3.73. The van der Waals surface area contributed by atoms with Crippen LogP contribution >= 0.6 is 11.8 Å². The van der Waals surface area contributed by atoms with Gasteiger partial charge in [-0.3, -0.25) is 14.5 Å². The average molecular weight is 457 g/mol. The van der Waals surface area contributed by atoms with Crippen LogP contribution in [0.3, 0.4) is 0 Å². The minimum atomic E-state index is -0.269. The van der Waals surface area contributed by atoms with Gasteiger partial charge >= 0.3 is 0 Å². The molecule has 0 radical (unpaired) electrons. The highest BCUT2D eigenvalue weighted by Crippen LogP contribution is 2.34. The molecule has 1 fully saturated rings. The lowest BCUT2D eigenvalue weighted by atomic mass is 10.1. The Morgan fingerprint density at radius 1 is 0.909 bits per heavy atom. The summed E-state index contributed by atoms with van der Waals surface area (Å²) < 4.78 is 15.6. The van der Waals surface area contributed by atoms with E-state index in [4.69, 9.17) is 0 Å². The molecule has 164 valence electrons. The van der Waals surface area contributed by atoms with Crippen LogP contribution < -0.4 is 0 Å². The Labute approximate surface area is 195 Å². The van der Waals surface area contributed by atoms with Crippen molar-refractivity contribution < 1.29 is 14.0 Å². The van der Waals surface area contributed by atoms with Gasteiger partial charge in [0.15, 0.2) is 0 Å². The summed E-state index contributed by atoms with van der Waals surface area (Å²) in [5.41, 5.74) is 4.81. The first-order chi connectivity index (χ1) is 16.0. The van der Waals surface area contributed by atoms with E-state index in [1.54, 1.807) is 12.1 Å². The number of carbonyl (C=O) groups is 2. The second-order valence-corrected chi connectivity index (χ2v) is 9.14. The number of fused-ring (bicyclic) bond motifs is 1. The van der Waals surface area contributed by atoms with Gasteiger partial charge in [-0.1, -0.05) is 48.0 Å². The Hall–Kier alpha value is -3.64. The number of hydrogen-bond acceptors (Lipinski definition) is 3. The molecule has 5 rings (SSSR count). The predicted molar refractivity (Wildman–Crippen MR) is 130 cm³/mol. The Morgan fingerprint density at radius 2 is 1.73 bits per heavy atom. The summed E-state index contributed by atoms with van der Waals surface area (Å²) in [5.74, 6) is -0.517. The highest BCUT2D eigenvalue weighted by molar-refractivity contribution is 8.18. The first-order valence-electron chi connectivity index (χ1n) is 10.6. The molecule has 0 saturated carbocycles. The molecule has 0 aliphatic carbocycles. The van der Waals surface area contributed by atoms with E-state index in [-0.39, 0.29) is 23.5 Å². The van der Waals surface area contributed by atoms with Crippen molar-refractivity contribution in [3.63, 3.8) is 0 Å². The van der Waals surface area contributed by atoms with Crippen molar-refractivity contribution in [2.45, 2.75) is 20.0 Å². The third-order valence-corrected chi connectivity index (χ3v) is 6.58. The molecular formula is C27H21FN2O2S. The number of benzene rings is 3. The molecule has 1 aliphatic rings. The van der Waals surface area contributed by atoms with Gasteiger partial charge in [-0.15, -0.1) is 0 Å². The van der Waals surface area contributed by atoms with E-state index >= 15 is 0 Å². The third-order valence-electron chi connectivity index (χ3n) is 5.67. The summed E-state index contributed by atoms with van der Waals surface area (Å²) in [6.45, 7) is 2.84. The number of aromatic nitrogens is 1. The summed E-state index contributed by atoms with van der Waals surface area (Å²) in [5, 5.41) is 0.758. The van der Waals surface area contributed by atoms with E-state index in [9.17, 15) is 14.0 Å². The van der Waals surface area contributed by atoms with Gasteiger partial charge < -0.3 is 4.57 Å². The fourth-order valence-corrected chi connectivity index (χ4v) is 4.78. The van der Waals surface area contributed by atoms with E-state index in [0.29, 0.717) is 11.4 Å². The van der Waals surface area contributed by atoms with Crippen LogP contribution in [0.4, 0.5) is 9.18 Å². The highest BCUT2D eigenvalue weighted by Gasteiger charge is 2.34. The maximum absolute atomic E-state index is 13.5. The number of thioether (sulfide) groups is 1. The number of amides is 2. The van der Waals surface area contributed by atoms with Gasteiger partial charge in [0.25, 0.3) is 11.1 Å². The van der Waals surface area contributed by atoms with Gasteiger partial charge in [0.1, 0.15) is 5.82 Å². The van der Waals surface area contributed by atoms with Crippen molar-refractivity contribution in [1.82, 2.24) is 9.47 Å². The van der Waals surface area contributed by atoms with Crippen LogP contribution in [-0.2, 0) is 17.9 Å². The van der Waals surface area contributed by atoms with Crippen molar-refractivity contribution in [3.05, 3.63) is 112 Å². The van der Waals surface area contributed by atoms with Gasteiger partial charge in [0.2, 0.25) is 0 Å². The highest BCUT2D eigenvalue weighted by atomic mass is 32.2. The molecule has 0 bridgehead atoms. The molecule has 4 nitrogen and oxygen atoms in total. The molecule has 1 aromatic heterocycles. The summed E-state index contributed by atoms with van der Waals surface area (Å²) >= 11 is 0.971. The standard InChI is InChI=1S/C27H21FN2O2S/c1-18-5-7-19(8-6-18)17-30-26(31)25(33-27(30)32)15-20-9-10-24-22(13-20)11-12-29(24)16-21-3-2-4-23(28)14-21/h2-15H,16-17H2,1H3/b25-15+. The zero-order chi connectivity index (χ0) is 22.9. The molecule has 0 atom stereocenters. The third kappa shape index (κ3) is 4.47. The summed E-state index contributed by atoms with van der Waals surface area (Å²) in [4.78, 5) is 27.0. The van der Waals surface area contributed by atoms with Crippen molar-refractivity contribution in [2.24, 2.45) is 0 Å². The predicted octanol–water partition coefficient (Wildman–Crippen LogP) is 6.37. The van der Waals surface area contributed by atoms with Crippen molar-refractivity contribution in [2.75, 3.05) is 0 Å². The Balaban J connectivity index is 1.36. The second-order valence-electron chi connectivity index (χ2n) is 8.15. The van der Waals surface area contributed by atoms with Crippen LogP contribution in [-0.4, -0.2) is 20.6 Å². The molecule has 0 N–H and O–H groups in total. The molecule has 6 heteroatoms. The molecule has 1 aliphatic heterocycles. The van der Waals surface area contributed by atoms with E-state index < -0.39 is 0 Å². The largest absolute Gasteiger partial charge is 0.343 e. The molecule has 2 heterocycles. The Kier molecular flexibility index (Phi) is 5.60. The number of halogens is 1. The van der Waals surface area contributed by atoms with E-state index in [1.165, 1.54) is 17.0 Å². The van der Waals surface area contributed by atoms with E-state index in [0.717, 1.165) is 44.9 Å². The van der Waals surface area contributed by atoms with Crippen LogP contribution in [0.5, 0.6) is 0 Å². The van der Waals surface area contributed by atoms with E-state index in [1.807, 2.05) is 67.7 Å². The van der Waals surface area contributed by atoms with Gasteiger partial charge in [-0.05, 0) is 71.8 Å². The van der Waals surface area contributed by atoms with E-state index in [2.05, 4.69) is 4.57 Å². The number of nitrogens with zero attached hydrogens (tertiary/aromatic N) is 2. The zero-order valence-corrected chi connectivity index (χ0v) is 18.8.